The topological polar surface area (TPSA) is 235 Å². The van der Waals surface area contributed by atoms with Crippen LogP contribution in [-0.2, 0) is 19.1 Å². The molecule has 0 aromatic rings. The Bertz CT molecular complexity index is 499. The molecule has 13 heteroatoms. The molecule has 13 nitrogen and oxygen atoms in total. The Hall–Kier alpha value is -1.26. The van der Waals surface area contributed by atoms with E-state index in [0.29, 0.717) is 0 Å². The fourth-order valence-corrected chi connectivity index (χ4v) is 2.44. The molecule has 0 radical (unpaired) electrons. The van der Waals surface area contributed by atoms with Gasteiger partial charge in [0.1, 0.15) is 48.8 Å². The van der Waals surface area contributed by atoms with Crippen LogP contribution in [0.4, 0.5) is 0 Å². The standard InChI is InChI=1S/C14H24O13/c1-3(16)5(18)6(19)8(21)11(4(17)2-15)26-14-10(23)7(20)9(22)12(27-14)13(24)25/h2-12,14,16-23H,1H3,(H,24,25)/t3-,4+,5-,6+,7+,8+,9-,10-,11-,12+,14+/m1/s1. The molecule has 0 saturated carbocycles. The molecule has 1 heterocycles. The van der Waals surface area contributed by atoms with Crippen molar-refractivity contribution in [1.29, 1.82) is 0 Å². The number of hydrogen-bond acceptors (Lipinski definition) is 12. The quantitative estimate of drug-likeness (QED) is 0.164. The zero-order valence-electron chi connectivity index (χ0n) is 14.1. The first kappa shape index (κ1) is 23.8. The summed E-state index contributed by atoms with van der Waals surface area (Å²) in [5.41, 5.74) is 0. The summed E-state index contributed by atoms with van der Waals surface area (Å²) >= 11 is 0. The Morgan fingerprint density at radius 1 is 0.963 bits per heavy atom. The van der Waals surface area contributed by atoms with Gasteiger partial charge >= 0.3 is 5.97 Å². The molecule has 1 aliphatic heterocycles. The molecule has 1 fully saturated rings. The molecular formula is C14H24O13. The molecule has 0 bridgehead atoms. The van der Waals surface area contributed by atoms with Crippen LogP contribution in [0.3, 0.4) is 0 Å². The number of aliphatic hydroxyl groups is 8. The lowest BCUT2D eigenvalue weighted by molar-refractivity contribution is -0.319. The van der Waals surface area contributed by atoms with Crippen molar-refractivity contribution in [2.75, 3.05) is 0 Å². The SMILES string of the molecule is C[C@@H](O)[C@@H](O)[C@H](O)[C@H](O)[C@H](O[C@H]1O[C@H](C(=O)O)[C@H](O)[C@H](O)[C@H]1O)[C@@H](O)C=O. The van der Waals surface area contributed by atoms with Crippen molar-refractivity contribution in [3.63, 3.8) is 0 Å². The number of carbonyl (C=O) groups is 2. The van der Waals surface area contributed by atoms with Crippen LogP contribution in [0.15, 0.2) is 0 Å². The number of hydrogen-bond donors (Lipinski definition) is 9. The maximum Gasteiger partial charge on any atom is 0.335 e. The van der Waals surface area contributed by atoms with E-state index < -0.39 is 73.3 Å². The van der Waals surface area contributed by atoms with E-state index in [2.05, 4.69) is 0 Å². The third-order valence-corrected chi connectivity index (χ3v) is 4.11. The van der Waals surface area contributed by atoms with Crippen LogP contribution in [0, 0.1) is 0 Å². The summed E-state index contributed by atoms with van der Waals surface area (Å²) in [7, 11) is 0. The van der Waals surface area contributed by atoms with Crippen LogP contribution in [0.25, 0.3) is 0 Å². The average molecular weight is 400 g/mol. The number of rotatable bonds is 9. The van der Waals surface area contributed by atoms with Gasteiger partial charge in [0.05, 0.1) is 6.10 Å². The number of aliphatic hydroxyl groups excluding tert-OH is 8. The van der Waals surface area contributed by atoms with Gasteiger partial charge in [-0.2, -0.15) is 0 Å². The number of carboxylic acids is 1. The monoisotopic (exact) mass is 400 g/mol. The average Bonchev–Trinajstić information content (AvgIpc) is 2.62. The van der Waals surface area contributed by atoms with E-state index in [1.54, 1.807) is 0 Å². The number of carbonyl (C=O) groups excluding carboxylic acids is 1. The minimum atomic E-state index is -2.21. The van der Waals surface area contributed by atoms with Crippen LogP contribution >= 0.6 is 0 Å². The second-order valence-corrected chi connectivity index (χ2v) is 6.17. The summed E-state index contributed by atoms with van der Waals surface area (Å²) in [5.74, 6) is -1.72. The van der Waals surface area contributed by atoms with Gasteiger partial charge in [-0.1, -0.05) is 0 Å². The molecule has 9 N–H and O–H groups in total. The lowest BCUT2D eigenvalue weighted by Gasteiger charge is -2.41. The molecule has 1 rings (SSSR count). The first-order chi connectivity index (χ1) is 12.4. The number of carboxylic acid groups (broad SMARTS) is 1. The summed E-state index contributed by atoms with van der Waals surface area (Å²) in [4.78, 5) is 21.9. The van der Waals surface area contributed by atoms with Crippen molar-refractivity contribution in [3.8, 4) is 0 Å². The Morgan fingerprint density at radius 2 is 1.52 bits per heavy atom. The van der Waals surface area contributed by atoms with Gasteiger partial charge in [-0.05, 0) is 6.92 Å². The first-order valence-corrected chi connectivity index (χ1v) is 7.87. The summed E-state index contributed by atoms with van der Waals surface area (Å²) in [6.45, 7) is 1.08. The third kappa shape index (κ3) is 5.39. The van der Waals surface area contributed by atoms with Gasteiger partial charge in [-0.3, -0.25) is 0 Å². The van der Waals surface area contributed by atoms with Crippen LogP contribution in [0.1, 0.15) is 6.92 Å². The predicted octanol–water partition coefficient (Wildman–Crippen LogP) is -5.71. The second kappa shape index (κ2) is 9.79. The van der Waals surface area contributed by atoms with Gasteiger partial charge in [0.2, 0.25) is 0 Å². The third-order valence-electron chi connectivity index (χ3n) is 4.11. The number of ether oxygens (including phenoxy) is 2. The summed E-state index contributed by atoms with van der Waals surface area (Å²) in [6, 6.07) is 0. The molecule has 0 amide bonds. The molecule has 0 unspecified atom stereocenters. The molecular weight excluding hydrogens is 376 g/mol. The van der Waals surface area contributed by atoms with Crippen molar-refractivity contribution >= 4 is 12.3 Å². The lowest BCUT2D eigenvalue weighted by atomic mass is 9.96. The van der Waals surface area contributed by atoms with E-state index in [4.69, 9.17) is 14.6 Å². The van der Waals surface area contributed by atoms with Gasteiger partial charge in [0.25, 0.3) is 0 Å². The maximum absolute atomic E-state index is 11.1. The lowest BCUT2D eigenvalue weighted by Crippen LogP contribution is -2.62. The van der Waals surface area contributed by atoms with Crippen LogP contribution in [0.5, 0.6) is 0 Å². The molecule has 1 saturated heterocycles. The Balaban J connectivity index is 3.04. The predicted molar refractivity (Wildman–Crippen MR) is 81.0 cm³/mol. The molecule has 0 aliphatic carbocycles. The second-order valence-electron chi connectivity index (χ2n) is 6.17. The highest BCUT2D eigenvalue weighted by molar-refractivity contribution is 5.73. The number of aliphatic carboxylic acids is 1. The summed E-state index contributed by atoms with van der Waals surface area (Å²) < 4.78 is 9.77. The van der Waals surface area contributed by atoms with Gasteiger partial charge < -0.3 is 60.2 Å². The van der Waals surface area contributed by atoms with E-state index in [9.17, 15) is 50.4 Å². The highest BCUT2D eigenvalue weighted by Gasteiger charge is 2.50. The van der Waals surface area contributed by atoms with Crippen molar-refractivity contribution in [2.45, 2.75) is 74.3 Å². The van der Waals surface area contributed by atoms with E-state index in [0.717, 1.165) is 6.92 Å². The smallest absolute Gasteiger partial charge is 0.335 e. The highest BCUT2D eigenvalue weighted by Crippen LogP contribution is 2.25. The molecule has 0 spiro atoms. The molecule has 0 aromatic carbocycles. The normalized spacial score (nSPS) is 35.5. The maximum atomic E-state index is 11.1. The largest absolute Gasteiger partial charge is 0.479 e. The first-order valence-electron chi connectivity index (χ1n) is 7.87. The van der Waals surface area contributed by atoms with Crippen molar-refractivity contribution in [1.82, 2.24) is 0 Å². The van der Waals surface area contributed by atoms with Crippen LogP contribution in [0.2, 0.25) is 0 Å². The van der Waals surface area contributed by atoms with E-state index in [1.807, 2.05) is 0 Å². The van der Waals surface area contributed by atoms with Crippen LogP contribution < -0.4 is 0 Å². The van der Waals surface area contributed by atoms with Crippen molar-refractivity contribution in [2.24, 2.45) is 0 Å². The highest BCUT2D eigenvalue weighted by atomic mass is 16.7. The fourth-order valence-electron chi connectivity index (χ4n) is 2.44. The zero-order valence-corrected chi connectivity index (χ0v) is 14.1. The minimum Gasteiger partial charge on any atom is -0.479 e. The fraction of sp³-hybridized carbons (Fsp3) is 0.857. The summed E-state index contributed by atoms with van der Waals surface area (Å²) in [5, 5.41) is 86.6. The summed E-state index contributed by atoms with van der Waals surface area (Å²) in [6.07, 6.45) is -22.3. The van der Waals surface area contributed by atoms with Gasteiger partial charge in [-0.25, -0.2) is 4.79 Å². The Morgan fingerprint density at radius 3 is 1.96 bits per heavy atom. The van der Waals surface area contributed by atoms with Gasteiger partial charge in [-0.15, -0.1) is 0 Å². The molecule has 1 aliphatic rings. The van der Waals surface area contributed by atoms with Crippen LogP contribution in [-0.4, -0.2) is 126 Å². The minimum absolute atomic E-state index is 0.121. The Labute approximate surface area is 152 Å². The van der Waals surface area contributed by atoms with Crippen molar-refractivity contribution in [3.05, 3.63) is 0 Å². The zero-order chi connectivity index (χ0) is 21.0. The van der Waals surface area contributed by atoms with E-state index in [1.165, 1.54) is 0 Å². The molecule has 0 aromatic heterocycles. The molecule has 158 valence electrons. The molecule has 11 atom stereocenters. The van der Waals surface area contributed by atoms with E-state index in [-0.39, 0.29) is 6.29 Å². The van der Waals surface area contributed by atoms with Gasteiger partial charge in [0, 0.05) is 0 Å². The molecule has 27 heavy (non-hydrogen) atoms. The van der Waals surface area contributed by atoms with E-state index >= 15 is 0 Å². The number of aldehydes is 1. The van der Waals surface area contributed by atoms with Gasteiger partial charge in [0.15, 0.2) is 18.7 Å². The Kier molecular flexibility index (Phi) is 8.62. The van der Waals surface area contributed by atoms with Crippen molar-refractivity contribution < 1.29 is 65.0 Å².